The number of aromatic nitrogens is 1. The van der Waals surface area contributed by atoms with Crippen LogP contribution in [0, 0.1) is 5.82 Å². The average Bonchev–Trinajstić information content (AvgIpc) is 3.01. The quantitative estimate of drug-likeness (QED) is 0.300. The molecule has 1 aromatic heterocycles. The van der Waals surface area contributed by atoms with Crippen LogP contribution in [0.2, 0.25) is 0 Å². The van der Waals surface area contributed by atoms with Crippen molar-refractivity contribution >= 4 is 22.6 Å². The summed E-state index contributed by atoms with van der Waals surface area (Å²) in [5, 5.41) is 24.5. The fraction of sp³-hybridized carbons (Fsp3) is 0.190. The van der Waals surface area contributed by atoms with Crippen LogP contribution in [0.1, 0.15) is 13.3 Å². The molecule has 6 nitrogen and oxygen atoms in total. The first-order chi connectivity index (χ1) is 14.0. The van der Waals surface area contributed by atoms with Crippen LogP contribution in [-0.2, 0) is 0 Å². The van der Waals surface area contributed by atoms with Crippen molar-refractivity contribution in [3.8, 4) is 23.2 Å². The second-order valence-electron chi connectivity index (χ2n) is 6.13. The maximum absolute atomic E-state index is 13.1. The molecule has 0 radical (unpaired) electrons. The van der Waals surface area contributed by atoms with Crippen molar-refractivity contribution in [1.29, 1.82) is 0 Å². The van der Waals surface area contributed by atoms with Crippen molar-refractivity contribution in [3.63, 3.8) is 0 Å². The number of hydrogen-bond acceptors (Lipinski definition) is 5. The Kier molecular flexibility index (Phi) is 6.66. The number of benzene rings is 2. The molecule has 0 saturated carbocycles. The molecular weight excluding hydrogens is 393 g/mol. The fourth-order valence-electron chi connectivity index (χ4n) is 2.59. The number of nitrogens with one attached hydrogen (secondary N) is 1. The van der Waals surface area contributed by atoms with Crippen LogP contribution >= 0.6 is 11.8 Å². The van der Waals surface area contributed by atoms with Gasteiger partial charge in [-0.15, -0.1) is 0 Å². The SMILES string of the molecule is CCCOc1ccc(-n2c(O)cc(SC(=NC)Nc3ccc(F)cc3)c2O)cc1. The van der Waals surface area contributed by atoms with Crippen LogP contribution in [0.25, 0.3) is 5.69 Å². The van der Waals surface area contributed by atoms with Gasteiger partial charge >= 0.3 is 0 Å². The van der Waals surface area contributed by atoms with Gasteiger partial charge in [0.2, 0.25) is 5.88 Å². The number of nitrogens with zero attached hydrogens (tertiary/aromatic N) is 2. The van der Waals surface area contributed by atoms with Crippen molar-refractivity contribution in [3.05, 3.63) is 60.4 Å². The number of thioether (sulfide) groups is 1. The molecule has 0 unspecified atom stereocenters. The number of anilines is 1. The summed E-state index contributed by atoms with van der Waals surface area (Å²) >= 11 is 1.15. The van der Waals surface area contributed by atoms with E-state index in [1.54, 1.807) is 43.4 Å². The Hall–Kier alpha value is -3.13. The van der Waals surface area contributed by atoms with Gasteiger partial charge in [0.25, 0.3) is 0 Å². The van der Waals surface area contributed by atoms with Crippen LogP contribution in [-0.4, -0.2) is 33.6 Å². The molecule has 29 heavy (non-hydrogen) atoms. The van der Waals surface area contributed by atoms with Gasteiger partial charge in [-0.2, -0.15) is 0 Å². The smallest absolute Gasteiger partial charge is 0.213 e. The van der Waals surface area contributed by atoms with Gasteiger partial charge in [-0.25, -0.2) is 4.39 Å². The lowest BCUT2D eigenvalue weighted by Crippen LogP contribution is -2.07. The highest BCUT2D eigenvalue weighted by Crippen LogP contribution is 2.38. The zero-order valence-corrected chi connectivity index (χ0v) is 16.9. The minimum Gasteiger partial charge on any atom is -0.494 e. The molecule has 0 bridgehead atoms. The Bertz CT molecular complexity index is 986. The minimum absolute atomic E-state index is 0.107. The number of rotatable bonds is 6. The Morgan fingerprint density at radius 3 is 2.45 bits per heavy atom. The summed E-state index contributed by atoms with van der Waals surface area (Å²) in [5.74, 6) is 0.172. The standard InChI is InChI=1S/C21H22FN3O3S/c1-3-12-28-17-10-8-16(9-11-17)25-19(26)13-18(20(25)27)29-21(23-2)24-15-6-4-14(22)5-7-15/h4-11,13,26-27H,3,12H2,1-2H3,(H,23,24). The minimum atomic E-state index is -0.330. The lowest BCUT2D eigenvalue weighted by molar-refractivity contribution is 0.317. The van der Waals surface area contributed by atoms with E-state index in [9.17, 15) is 14.6 Å². The third kappa shape index (κ3) is 5.03. The fourth-order valence-corrected chi connectivity index (χ4v) is 3.41. The molecule has 0 fully saturated rings. The van der Waals surface area contributed by atoms with Gasteiger partial charge in [-0.05, 0) is 66.7 Å². The van der Waals surface area contributed by atoms with E-state index in [0.29, 0.717) is 28.0 Å². The maximum Gasteiger partial charge on any atom is 0.213 e. The topological polar surface area (TPSA) is 79.0 Å². The summed E-state index contributed by atoms with van der Waals surface area (Å²) in [4.78, 5) is 4.57. The van der Waals surface area contributed by atoms with Crippen LogP contribution in [0.15, 0.2) is 64.5 Å². The molecule has 8 heteroatoms. The normalized spacial score (nSPS) is 11.5. The van der Waals surface area contributed by atoms with E-state index in [2.05, 4.69) is 10.3 Å². The van der Waals surface area contributed by atoms with E-state index in [1.807, 2.05) is 6.92 Å². The first-order valence-electron chi connectivity index (χ1n) is 9.06. The number of hydrogen-bond donors (Lipinski definition) is 3. The summed E-state index contributed by atoms with van der Waals surface area (Å²) < 4.78 is 20.0. The molecule has 0 aliphatic rings. The Morgan fingerprint density at radius 2 is 1.83 bits per heavy atom. The second kappa shape index (κ2) is 9.38. The zero-order chi connectivity index (χ0) is 20.8. The lowest BCUT2D eigenvalue weighted by atomic mass is 10.3. The van der Waals surface area contributed by atoms with Gasteiger partial charge in [-0.3, -0.25) is 9.56 Å². The lowest BCUT2D eigenvalue weighted by Gasteiger charge is -2.10. The van der Waals surface area contributed by atoms with E-state index in [0.717, 1.165) is 23.9 Å². The molecule has 2 aromatic carbocycles. The van der Waals surface area contributed by atoms with Crippen molar-refractivity contribution in [1.82, 2.24) is 4.57 Å². The van der Waals surface area contributed by atoms with Gasteiger partial charge in [0.1, 0.15) is 11.6 Å². The third-order valence-electron chi connectivity index (χ3n) is 3.99. The van der Waals surface area contributed by atoms with E-state index >= 15 is 0 Å². The first kappa shape index (κ1) is 20.6. The molecule has 3 N–H and O–H groups in total. The molecule has 3 aromatic rings. The van der Waals surface area contributed by atoms with Gasteiger partial charge in [-0.1, -0.05) is 6.92 Å². The molecule has 3 rings (SSSR count). The molecule has 0 aliphatic heterocycles. The molecular formula is C21H22FN3O3S. The monoisotopic (exact) mass is 415 g/mol. The predicted octanol–water partition coefficient (Wildman–Crippen LogP) is 5.01. The molecule has 1 heterocycles. The Balaban J connectivity index is 1.78. The number of amidine groups is 1. The number of ether oxygens (including phenoxy) is 1. The maximum atomic E-state index is 13.1. The van der Waals surface area contributed by atoms with E-state index in [1.165, 1.54) is 22.8 Å². The largest absolute Gasteiger partial charge is 0.494 e. The van der Waals surface area contributed by atoms with E-state index < -0.39 is 0 Å². The highest BCUT2D eigenvalue weighted by molar-refractivity contribution is 8.14. The summed E-state index contributed by atoms with van der Waals surface area (Å²) in [7, 11) is 1.60. The highest BCUT2D eigenvalue weighted by atomic mass is 32.2. The van der Waals surface area contributed by atoms with Crippen LogP contribution < -0.4 is 10.1 Å². The Labute approximate surface area is 172 Å². The Morgan fingerprint density at radius 1 is 1.14 bits per heavy atom. The van der Waals surface area contributed by atoms with E-state index in [4.69, 9.17) is 4.74 Å². The van der Waals surface area contributed by atoms with Gasteiger partial charge in [0, 0.05) is 18.8 Å². The second-order valence-corrected chi connectivity index (χ2v) is 7.16. The van der Waals surface area contributed by atoms with Gasteiger partial charge < -0.3 is 20.3 Å². The summed E-state index contributed by atoms with van der Waals surface area (Å²) in [6, 6.07) is 14.4. The summed E-state index contributed by atoms with van der Waals surface area (Å²) in [6.45, 7) is 2.66. The van der Waals surface area contributed by atoms with Gasteiger partial charge in [0.15, 0.2) is 11.0 Å². The summed E-state index contributed by atoms with van der Waals surface area (Å²) in [5.41, 5.74) is 1.25. The number of halogens is 1. The molecule has 0 saturated heterocycles. The van der Waals surface area contributed by atoms with Crippen LogP contribution in [0.5, 0.6) is 17.5 Å². The van der Waals surface area contributed by atoms with Crippen molar-refractivity contribution < 1.29 is 19.3 Å². The first-order valence-corrected chi connectivity index (χ1v) is 9.87. The van der Waals surface area contributed by atoms with Gasteiger partial charge in [0.05, 0.1) is 17.2 Å². The molecule has 0 spiro atoms. The van der Waals surface area contributed by atoms with Crippen molar-refractivity contribution in [2.24, 2.45) is 4.99 Å². The summed E-state index contributed by atoms with van der Waals surface area (Å²) in [6.07, 6.45) is 0.911. The zero-order valence-electron chi connectivity index (χ0n) is 16.1. The third-order valence-corrected chi connectivity index (χ3v) is 4.99. The van der Waals surface area contributed by atoms with Crippen LogP contribution in [0.4, 0.5) is 10.1 Å². The molecule has 0 atom stereocenters. The van der Waals surface area contributed by atoms with Crippen molar-refractivity contribution in [2.75, 3.05) is 19.0 Å². The molecule has 0 amide bonds. The highest BCUT2D eigenvalue weighted by Gasteiger charge is 2.18. The van der Waals surface area contributed by atoms with Crippen molar-refractivity contribution in [2.45, 2.75) is 18.2 Å². The number of aromatic hydroxyl groups is 2. The van der Waals surface area contributed by atoms with E-state index in [-0.39, 0.29) is 17.6 Å². The number of aliphatic imine (C=N–C) groups is 1. The predicted molar refractivity (Wildman–Crippen MR) is 114 cm³/mol. The molecule has 0 aliphatic carbocycles. The molecule has 152 valence electrons. The average molecular weight is 415 g/mol. The van der Waals surface area contributed by atoms with Crippen LogP contribution in [0.3, 0.4) is 0 Å².